The van der Waals surface area contributed by atoms with Crippen molar-refractivity contribution in [2.45, 2.75) is 19.3 Å². The van der Waals surface area contributed by atoms with Crippen molar-refractivity contribution in [3.63, 3.8) is 0 Å². The van der Waals surface area contributed by atoms with Gasteiger partial charge in [-0.2, -0.15) is 0 Å². The normalized spacial score (nSPS) is 16.1. The van der Waals surface area contributed by atoms with Crippen molar-refractivity contribution in [3.8, 4) is 0 Å². The van der Waals surface area contributed by atoms with Crippen LogP contribution in [0.2, 0.25) is 10.0 Å². The van der Waals surface area contributed by atoms with Gasteiger partial charge in [0.05, 0.1) is 21.5 Å². The zero-order chi connectivity index (χ0) is 15.5. The van der Waals surface area contributed by atoms with Crippen molar-refractivity contribution in [3.05, 3.63) is 28.2 Å². The molecule has 0 saturated carbocycles. The summed E-state index contributed by atoms with van der Waals surface area (Å²) in [6, 6.07) is 4.88. The van der Waals surface area contributed by atoms with Gasteiger partial charge in [0, 0.05) is 19.5 Å². The molecule has 8 heteroatoms. The minimum atomic E-state index is -3.35. The number of amides is 1. The summed E-state index contributed by atoms with van der Waals surface area (Å²) in [5.41, 5.74) is 0.382. The molecule has 2 rings (SSSR count). The molecule has 0 bridgehead atoms. The molecule has 1 aliphatic heterocycles. The van der Waals surface area contributed by atoms with Gasteiger partial charge in [0.1, 0.15) is 0 Å². The number of nitrogens with zero attached hydrogens (tertiary/aromatic N) is 1. The Kier molecular flexibility index (Phi) is 5.48. The average molecular weight is 351 g/mol. The van der Waals surface area contributed by atoms with Gasteiger partial charge in [-0.3, -0.25) is 4.79 Å². The van der Waals surface area contributed by atoms with Gasteiger partial charge in [-0.1, -0.05) is 29.3 Å². The molecule has 0 atom stereocenters. The lowest BCUT2D eigenvalue weighted by Crippen LogP contribution is -2.31. The molecule has 1 amide bonds. The minimum absolute atomic E-state index is 0.109. The van der Waals surface area contributed by atoms with Crippen LogP contribution >= 0.6 is 23.2 Å². The number of benzene rings is 1. The Morgan fingerprint density at radius 1 is 1.24 bits per heavy atom. The number of hydrogen-bond donors (Lipinski definition) is 1. The van der Waals surface area contributed by atoms with Crippen LogP contribution in [0.4, 0.5) is 5.69 Å². The van der Waals surface area contributed by atoms with Crippen LogP contribution in [0.3, 0.4) is 0 Å². The maximum Gasteiger partial charge on any atom is 0.225 e. The largest absolute Gasteiger partial charge is 0.325 e. The quantitative estimate of drug-likeness (QED) is 0.887. The number of rotatable bonds is 5. The number of nitrogens with one attached hydrogen (secondary N) is 1. The SMILES string of the molecule is O=C(CCS(=O)(=O)N1CCCC1)Nc1cccc(Cl)c1Cl. The third kappa shape index (κ3) is 4.32. The summed E-state index contributed by atoms with van der Waals surface area (Å²) < 4.78 is 25.5. The van der Waals surface area contributed by atoms with Crippen LogP contribution in [0.5, 0.6) is 0 Å². The second kappa shape index (κ2) is 6.96. The molecule has 1 aromatic rings. The highest BCUT2D eigenvalue weighted by Crippen LogP contribution is 2.29. The lowest BCUT2D eigenvalue weighted by atomic mass is 10.3. The van der Waals surface area contributed by atoms with Gasteiger partial charge in [-0.15, -0.1) is 0 Å². The third-order valence-corrected chi connectivity index (χ3v) is 5.96. The fourth-order valence-electron chi connectivity index (χ4n) is 2.13. The van der Waals surface area contributed by atoms with Gasteiger partial charge in [-0.05, 0) is 25.0 Å². The summed E-state index contributed by atoms with van der Waals surface area (Å²) in [4.78, 5) is 11.8. The highest BCUT2D eigenvalue weighted by molar-refractivity contribution is 7.89. The smallest absolute Gasteiger partial charge is 0.225 e. The molecular formula is C13H16Cl2N2O3S. The molecule has 1 fully saturated rings. The maximum absolute atomic E-state index is 12.0. The van der Waals surface area contributed by atoms with E-state index >= 15 is 0 Å². The Morgan fingerprint density at radius 2 is 1.90 bits per heavy atom. The standard InChI is InChI=1S/C13H16Cl2N2O3S/c14-10-4-3-5-11(13(10)15)16-12(18)6-9-21(19,20)17-7-1-2-8-17/h3-5H,1-2,6-9H2,(H,16,18). The molecule has 21 heavy (non-hydrogen) atoms. The first-order chi connectivity index (χ1) is 9.90. The van der Waals surface area contributed by atoms with E-state index in [-0.39, 0.29) is 17.2 Å². The fraction of sp³-hybridized carbons (Fsp3) is 0.462. The predicted octanol–water partition coefficient (Wildman–Crippen LogP) is 2.75. The van der Waals surface area contributed by atoms with Crippen LogP contribution in [0.15, 0.2) is 18.2 Å². The summed E-state index contributed by atoms with van der Waals surface area (Å²) in [6.07, 6.45) is 1.65. The fourth-order valence-corrected chi connectivity index (χ4v) is 3.99. The van der Waals surface area contributed by atoms with Crippen molar-refractivity contribution in [1.82, 2.24) is 4.31 Å². The van der Waals surface area contributed by atoms with Crippen molar-refractivity contribution in [2.75, 3.05) is 24.2 Å². The molecule has 1 aliphatic rings. The van der Waals surface area contributed by atoms with Crippen molar-refractivity contribution < 1.29 is 13.2 Å². The van der Waals surface area contributed by atoms with Crippen LogP contribution in [0.25, 0.3) is 0 Å². The Hall–Kier alpha value is -0.820. The second-order valence-electron chi connectivity index (χ2n) is 4.82. The molecule has 5 nitrogen and oxygen atoms in total. The molecule has 0 aromatic heterocycles. The number of sulfonamides is 1. The molecule has 1 N–H and O–H groups in total. The van der Waals surface area contributed by atoms with Crippen molar-refractivity contribution in [2.24, 2.45) is 0 Å². The first-order valence-electron chi connectivity index (χ1n) is 6.62. The second-order valence-corrected chi connectivity index (χ2v) is 7.70. The zero-order valence-electron chi connectivity index (χ0n) is 11.3. The van der Waals surface area contributed by atoms with E-state index < -0.39 is 15.9 Å². The van der Waals surface area contributed by atoms with Gasteiger partial charge >= 0.3 is 0 Å². The van der Waals surface area contributed by atoms with E-state index in [9.17, 15) is 13.2 Å². The van der Waals surface area contributed by atoms with Gasteiger partial charge in [-0.25, -0.2) is 12.7 Å². The molecule has 1 saturated heterocycles. The van der Waals surface area contributed by atoms with Gasteiger partial charge in [0.25, 0.3) is 0 Å². The van der Waals surface area contributed by atoms with Gasteiger partial charge in [0.15, 0.2) is 0 Å². The van der Waals surface area contributed by atoms with Gasteiger partial charge < -0.3 is 5.32 Å². The van der Waals surface area contributed by atoms with Crippen LogP contribution in [-0.2, 0) is 14.8 Å². The van der Waals surface area contributed by atoms with Crippen LogP contribution in [-0.4, -0.2) is 37.5 Å². The molecule has 0 spiro atoms. The molecule has 1 heterocycles. The Morgan fingerprint density at radius 3 is 2.57 bits per heavy atom. The monoisotopic (exact) mass is 350 g/mol. The Balaban J connectivity index is 1.92. The first-order valence-corrected chi connectivity index (χ1v) is 8.98. The highest BCUT2D eigenvalue weighted by Gasteiger charge is 2.25. The van der Waals surface area contributed by atoms with Crippen LogP contribution in [0.1, 0.15) is 19.3 Å². The first kappa shape index (κ1) is 16.5. The summed E-state index contributed by atoms with van der Waals surface area (Å²) in [7, 11) is -3.35. The molecule has 0 aliphatic carbocycles. The van der Waals surface area contributed by atoms with Crippen molar-refractivity contribution in [1.29, 1.82) is 0 Å². The van der Waals surface area contributed by atoms with Crippen LogP contribution in [0, 0.1) is 0 Å². The lowest BCUT2D eigenvalue weighted by molar-refractivity contribution is -0.115. The lowest BCUT2D eigenvalue weighted by Gasteiger charge is -2.15. The molecule has 1 aromatic carbocycles. The number of carbonyl (C=O) groups excluding carboxylic acids is 1. The van der Waals surface area contributed by atoms with E-state index in [1.54, 1.807) is 18.2 Å². The van der Waals surface area contributed by atoms with Crippen molar-refractivity contribution >= 4 is 44.8 Å². The number of anilines is 1. The zero-order valence-corrected chi connectivity index (χ0v) is 13.6. The maximum atomic E-state index is 12.0. The Labute approximate surface area is 134 Å². The van der Waals surface area contributed by atoms with E-state index in [1.807, 2.05) is 0 Å². The number of halogens is 2. The van der Waals surface area contributed by atoms with E-state index in [0.29, 0.717) is 23.8 Å². The van der Waals surface area contributed by atoms with E-state index in [2.05, 4.69) is 5.32 Å². The van der Waals surface area contributed by atoms with E-state index in [0.717, 1.165) is 12.8 Å². The molecule has 116 valence electrons. The topological polar surface area (TPSA) is 66.5 Å². The molecular weight excluding hydrogens is 335 g/mol. The number of hydrogen-bond acceptors (Lipinski definition) is 3. The third-order valence-electron chi connectivity index (χ3n) is 3.27. The molecule has 0 radical (unpaired) electrons. The van der Waals surface area contributed by atoms with E-state index in [4.69, 9.17) is 23.2 Å². The van der Waals surface area contributed by atoms with E-state index in [1.165, 1.54) is 4.31 Å². The number of carbonyl (C=O) groups is 1. The summed E-state index contributed by atoms with van der Waals surface area (Å²) >= 11 is 11.8. The highest BCUT2D eigenvalue weighted by atomic mass is 35.5. The Bertz CT molecular complexity index is 628. The molecule has 0 unspecified atom stereocenters. The minimum Gasteiger partial charge on any atom is -0.325 e. The predicted molar refractivity (Wildman–Crippen MR) is 84.3 cm³/mol. The summed E-state index contributed by atoms with van der Waals surface area (Å²) in [5, 5.41) is 3.15. The summed E-state index contributed by atoms with van der Waals surface area (Å²) in [6.45, 7) is 1.09. The average Bonchev–Trinajstić information content (AvgIpc) is 2.97. The summed E-state index contributed by atoms with van der Waals surface area (Å²) in [5.74, 6) is -0.598. The van der Waals surface area contributed by atoms with Crippen LogP contribution < -0.4 is 5.32 Å². The van der Waals surface area contributed by atoms with Gasteiger partial charge in [0.2, 0.25) is 15.9 Å².